The third kappa shape index (κ3) is 2.01. The van der Waals surface area contributed by atoms with Crippen molar-refractivity contribution in [3.05, 3.63) is 41.8 Å². The molecular formula is C15H15N3O2. The summed E-state index contributed by atoms with van der Waals surface area (Å²) < 4.78 is 5.02. The zero-order chi connectivity index (χ0) is 14.1. The van der Waals surface area contributed by atoms with Crippen LogP contribution in [-0.2, 0) is 9.53 Å². The second kappa shape index (κ2) is 4.92. The fourth-order valence-electron chi connectivity index (χ4n) is 2.24. The van der Waals surface area contributed by atoms with Crippen LogP contribution in [0.1, 0.15) is 13.8 Å². The molecule has 3 rings (SSSR count). The van der Waals surface area contributed by atoms with E-state index in [0.717, 1.165) is 22.1 Å². The number of hydrogen-bond donors (Lipinski definition) is 0. The number of carbonyl (C=O) groups excluding carboxylic acids is 1. The fourth-order valence-corrected chi connectivity index (χ4v) is 2.24. The van der Waals surface area contributed by atoms with Gasteiger partial charge in [-0.1, -0.05) is 36.4 Å². The lowest BCUT2D eigenvalue weighted by Gasteiger charge is -2.22. The summed E-state index contributed by atoms with van der Waals surface area (Å²) in [5, 5.41) is 6.54. The van der Waals surface area contributed by atoms with Gasteiger partial charge in [0, 0.05) is 18.3 Å². The van der Waals surface area contributed by atoms with E-state index >= 15 is 0 Å². The Morgan fingerprint density at radius 3 is 2.85 bits per heavy atom. The molecule has 1 aliphatic heterocycles. The number of rotatable bonds is 3. The molecule has 0 N–H and O–H groups in total. The molecule has 0 aliphatic carbocycles. The van der Waals surface area contributed by atoms with Crippen LogP contribution in [0.15, 0.2) is 41.5 Å². The molecule has 1 aliphatic rings. The summed E-state index contributed by atoms with van der Waals surface area (Å²) in [6.07, 6.45) is 0. The van der Waals surface area contributed by atoms with E-state index in [1.54, 1.807) is 13.8 Å². The van der Waals surface area contributed by atoms with Gasteiger partial charge in [0.1, 0.15) is 0 Å². The van der Waals surface area contributed by atoms with Crippen LogP contribution in [0.5, 0.6) is 0 Å². The van der Waals surface area contributed by atoms with E-state index in [9.17, 15) is 4.79 Å². The third-order valence-electron chi connectivity index (χ3n) is 3.26. The van der Waals surface area contributed by atoms with Crippen molar-refractivity contribution in [3.8, 4) is 0 Å². The van der Waals surface area contributed by atoms with E-state index in [2.05, 4.69) is 10.5 Å². The van der Waals surface area contributed by atoms with Gasteiger partial charge < -0.3 is 4.74 Å². The summed E-state index contributed by atoms with van der Waals surface area (Å²) in [5.74, 6) is -0.327. The monoisotopic (exact) mass is 269 g/mol. The van der Waals surface area contributed by atoms with Crippen molar-refractivity contribution in [3.63, 3.8) is 0 Å². The first kappa shape index (κ1) is 12.6. The molecule has 0 amide bonds. The first-order valence-electron chi connectivity index (χ1n) is 6.61. The SMILES string of the molecule is CCOC(=O)C(C)[N+]1=Nc2cccc3cccc(c23)[N-]1. The van der Waals surface area contributed by atoms with Crippen molar-refractivity contribution >= 4 is 28.1 Å². The predicted molar refractivity (Wildman–Crippen MR) is 75.4 cm³/mol. The fraction of sp³-hybridized carbons (Fsp3) is 0.267. The highest BCUT2D eigenvalue weighted by atomic mass is 16.5. The van der Waals surface area contributed by atoms with E-state index < -0.39 is 6.04 Å². The first-order chi connectivity index (χ1) is 9.70. The van der Waals surface area contributed by atoms with Gasteiger partial charge in [0.15, 0.2) is 0 Å². The Morgan fingerprint density at radius 1 is 1.35 bits per heavy atom. The highest BCUT2D eigenvalue weighted by Gasteiger charge is 2.26. The number of carbonyl (C=O) groups is 1. The van der Waals surface area contributed by atoms with E-state index in [0.29, 0.717) is 6.61 Å². The van der Waals surface area contributed by atoms with E-state index in [-0.39, 0.29) is 5.97 Å². The highest BCUT2D eigenvalue weighted by molar-refractivity contribution is 6.02. The van der Waals surface area contributed by atoms with Crippen LogP contribution in [0.3, 0.4) is 0 Å². The molecule has 20 heavy (non-hydrogen) atoms. The minimum Gasteiger partial charge on any atom is -0.461 e. The van der Waals surface area contributed by atoms with Gasteiger partial charge in [-0.3, -0.25) is 0 Å². The normalized spacial score (nSPS) is 14.4. The molecule has 0 bridgehead atoms. The molecule has 2 aromatic carbocycles. The van der Waals surface area contributed by atoms with Gasteiger partial charge in [-0.25, -0.2) is 4.79 Å². The van der Waals surface area contributed by atoms with Crippen LogP contribution in [0, 0.1) is 0 Å². The lowest BCUT2D eigenvalue weighted by molar-refractivity contribution is -0.561. The second-order valence-corrected chi connectivity index (χ2v) is 4.60. The lowest BCUT2D eigenvalue weighted by Crippen LogP contribution is -2.29. The molecule has 1 atom stereocenters. The van der Waals surface area contributed by atoms with Crippen LogP contribution in [0.4, 0.5) is 11.4 Å². The first-order valence-corrected chi connectivity index (χ1v) is 6.61. The molecule has 0 spiro atoms. The Balaban J connectivity index is 2.04. The average Bonchev–Trinajstić information content (AvgIpc) is 2.47. The van der Waals surface area contributed by atoms with Gasteiger partial charge >= 0.3 is 5.97 Å². The summed E-state index contributed by atoms with van der Waals surface area (Å²) in [4.78, 5) is 13.2. The van der Waals surface area contributed by atoms with Gasteiger partial charge in [-0.15, -0.1) is 4.81 Å². The van der Waals surface area contributed by atoms with E-state index in [1.165, 1.54) is 4.81 Å². The maximum atomic E-state index is 11.8. The zero-order valence-electron chi connectivity index (χ0n) is 11.4. The Hall–Kier alpha value is -2.43. The molecule has 0 radical (unpaired) electrons. The van der Waals surface area contributed by atoms with Crippen molar-refractivity contribution in [2.45, 2.75) is 19.9 Å². The topological polar surface area (TPSA) is 55.8 Å². The number of esters is 1. The summed E-state index contributed by atoms with van der Waals surface area (Å²) in [6.45, 7) is 3.87. The standard InChI is InChI=1S/C15H15N3O2/c1-3-20-15(19)10(2)18-16-12-8-4-6-11-7-5-9-13(17-18)14(11)12/h4-10H,3H2,1-2H3. The Labute approximate surface area is 116 Å². The summed E-state index contributed by atoms with van der Waals surface area (Å²) in [6, 6.07) is 11.2. The molecule has 0 saturated carbocycles. The summed E-state index contributed by atoms with van der Waals surface area (Å²) >= 11 is 0. The molecular weight excluding hydrogens is 254 g/mol. The molecule has 1 heterocycles. The van der Waals surface area contributed by atoms with Gasteiger partial charge in [0.25, 0.3) is 6.04 Å². The smallest absolute Gasteiger partial charge is 0.377 e. The van der Waals surface area contributed by atoms with Crippen molar-refractivity contribution in [2.24, 2.45) is 5.11 Å². The molecule has 0 saturated heterocycles. The van der Waals surface area contributed by atoms with Crippen LogP contribution < -0.4 is 0 Å². The van der Waals surface area contributed by atoms with Crippen LogP contribution in [0.2, 0.25) is 0 Å². The maximum Gasteiger partial charge on any atom is 0.377 e. The van der Waals surface area contributed by atoms with Crippen molar-refractivity contribution < 1.29 is 14.3 Å². The average molecular weight is 269 g/mol. The Kier molecular flexibility index (Phi) is 3.10. The number of benzene rings is 2. The predicted octanol–water partition coefficient (Wildman–Crippen LogP) is 3.82. The van der Waals surface area contributed by atoms with Crippen LogP contribution >= 0.6 is 0 Å². The minimum absolute atomic E-state index is 0.327. The van der Waals surface area contributed by atoms with Gasteiger partial charge in [-0.05, 0) is 17.7 Å². The molecule has 5 nitrogen and oxygen atoms in total. The summed E-state index contributed by atoms with van der Waals surface area (Å²) in [7, 11) is 0. The lowest BCUT2D eigenvalue weighted by atomic mass is 10.1. The van der Waals surface area contributed by atoms with Crippen LogP contribution in [0.25, 0.3) is 16.2 Å². The quantitative estimate of drug-likeness (QED) is 0.628. The third-order valence-corrected chi connectivity index (χ3v) is 3.26. The molecule has 102 valence electrons. The van der Waals surface area contributed by atoms with Gasteiger partial charge in [0.2, 0.25) is 0 Å². The second-order valence-electron chi connectivity index (χ2n) is 4.60. The number of azo groups is 1. The maximum absolute atomic E-state index is 11.8. The zero-order valence-corrected chi connectivity index (χ0v) is 11.4. The molecule has 2 aromatic rings. The summed E-state index contributed by atoms with van der Waals surface area (Å²) in [5.41, 5.74) is 6.08. The van der Waals surface area contributed by atoms with E-state index in [4.69, 9.17) is 4.74 Å². The van der Waals surface area contributed by atoms with Gasteiger partial charge in [0.05, 0.1) is 6.61 Å². The number of ether oxygens (including phenoxy) is 1. The molecule has 0 fully saturated rings. The molecule has 5 heteroatoms. The van der Waals surface area contributed by atoms with Crippen molar-refractivity contribution in [1.82, 2.24) is 0 Å². The number of hydrogen-bond acceptors (Lipinski definition) is 3. The van der Waals surface area contributed by atoms with E-state index in [1.807, 2.05) is 36.4 Å². The minimum atomic E-state index is -0.543. The highest BCUT2D eigenvalue weighted by Crippen LogP contribution is 2.40. The van der Waals surface area contributed by atoms with Crippen molar-refractivity contribution in [1.29, 1.82) is 0 Å². The van der Waals surface area contributed by atoms with Gasteiger partial charge in [-0.2, -0.15) is 10.5 Å². The Bertz CT molecular complexity index is 704. The van der Waals surface area contributed by atoms with Crippen LogP contribution in [-0.4, -0.2) is 23.4 Å². The van der Waals surface area contributed by atoms with Crippen molar-refractivity contribution in [2.75, 3.05) is 6.61 Å². The Morgan fingerprint density at radius 2 is 2.10 bits per heavy atom. The largest absolute Gasteiger partial charge is 0.461 e. The molecule has 1 unspecified atom stereocenters. The number of nitrogens with zero attached hydrogens (tertiary/aromatic N) is 3. The molecule has 0 aromatic heterocycles.